The number of aromatic amines is 1. The molecule has 23 heavy (non-hydrogen) atoms. The topological polar surface area (TPSA) is 119 Å². The predicted molar refractivity (Wildman–Crippen MR) is 89.3 cm³/mol. The highest BCUT2D eigenvalue weighted by Crippen LogP contribution is 2.20. The first-order valence-corrected chi connectivity index (χ1v) is 7.73. The summed E-state index contributed by atoms with van der Waals surface area (Å²) in [7, 11) is 1.72. The summed E-state index contributed by atoms with van der Waals surface area (Å²) in [5, 5.41) is 3.31. The molecule has 118 valence electrons. The van der Waals surface area contributed by atoms with Gasteiger partial charge in [0.2, 0.25) is 11.9 Å². The molecule has 0 fully saturated rings. The van der Waals surface area contributed by atoms with Gasteiger partial charge in [-0.2, -0.15) is 4.98 Å². The second-order valence-electron chi connectivity index (χ2n) is 4.78. The quantitative estimate of drug-likeness (QED) is 0.613. The number of aryl methyl sites for hydroxylation is 1. The highest BCUT2D eigenvalue weighted by Gasteiger charge is 2.14. The average molecular weight is 330 g/mol. The number of thioether (sulfide) groups is 1. The second-order valence-corrected chi connectivity index (χ2v) is 5.72. The standard InChI is InChI=1S/C14H14N6O2S/c1-20-11-10(12(22)19-13(15)18-11)17-14(20)23-7-9(21)16-8-5-3-2-4-6-8/h2-6H,7H2,1H3,(H,16,21)(H3,15,18,19,22). The zero-order valence-electron chi connectivity index (χ0n) is 12.2. The Hall–Kier alpha value is -2.81. The molecule has 1 amide bonds. The lowest BCUT2D eigenvalue weighted by Gasteiger charge is -2.04. The molecule has 0 saturated heterocycles. The lowest BCUT2D eigenvalue weighted by atomic mass is 10.3. The number of amides is 1. The van der Waals surface area contributed by atoms with Crippen LogP contribution in [0.4, 0.5) is 11.6 Å². The Morgan fingerprint density at radius 3 is 2.83 bits per heavy atom. The number of benzene rings is 1. The van der Waals surface area contributed by atoms with Crippen molar-refractivity contribution in [2.75, 3.05) is 16.8 Å². The van der Waals surface area contributed by atoms with E-state index < -0.39 is 5.56 Å². The number of fused-ring (bicyclic) bond motifs is 1. The number of anilines is 2. The highest BCUT2D eigenvalue weighted by atomic mass is 32.2. The maximum Gasteiger partial charge on any atom is 0.280 e. The predicted octanol–water partition coefficient (Wildman–Crippen LogP) is 0.970. The summed E-state index contributed by atoms with van der Waals surface area (Å²) in [5.41, 5.74) is 6.45. The molecule has 0 aliphatic heterocycles. The Labute approximate surface area is 135 Å². The van der Waals surface area contributed by atoms with E-state index in [4.69, 9.17) is 5.73 Å². The number of imidazole rings is 1. The van der Waals surface area contributed by atoms with E-state index in [-0.39, 0.29) is 23.1 Å². The maximum absolute atomic E-state index is 12.0. The molecule has 2 heterocycles. The van der Waals surface area contributed by atoms with Gasteiger partial charge >= 0.3 is 0 Å². The number of nitrogens with two attached hydrogens (primary N) is 1. The molecule has 0 aliphatic carbocycles. The maximum atomic E-state index is 12.0. The number of nitrogens with zero attached hydrogens (tertiary/aromatic N) is 3. The first-order valence-electron chi connectivity index (χ1n) is 6.74. The van der Waals surface area contributed by atoms with Gasteiger partial charge in [-0.1, -0.05) is 30.0 Å². The van der Waals surface area contributed by atoms with Crippen LogP contribution in [-0.2, 0) is 11.8 Å². The second kappa shape index (κ2) is 6.13. The molecule has 4 N–H and O–H groups in total. The molecule has 9 heteroatoms. The third-order valence-corrected chi connectivity index (χ3v) is 4.13. The minimum absolute atomic E-state index is 0.0314. The van der Waals surface area contributed by atoms with Crippen molar-refractivity contribution in [2.45, 2.75) is 5.16 Å². The number of rotatable bonds is 4. The molecule has 0 saturated carbocycles. The molecular formula is C14H14N6O2S. The number of hydrogen-bond acceptors (Lipinski definition) is 6. The molecule has 0 aliphatic rings. The van der Waals surface area contributed by atoms with E-state index in [1.165, 1.54) is 11.8 Å². The van der Waals surface area contributed by atoms with Crippen LogP contribution in [0.3, 0.4) is 0 Å². The summed E-state index contributed by atoms with van der Waals surface area (Å²) in [6.07, 6.45) is 0. The van der Waals surface area contributed by atoms with Crippen LogP contribution in [0.2, 0.25) is 0 Å². The van der Waals surface area contributed by atoms with E-state index in [2.05, 4.69) is 20.3 Å². The van der Waals surface area contributed by atoms with Gasteiger partial charge in [0.05, 0.1) is 5.75 Å². The van der Waals surface area contributed by atoms with Crippen molar-refractivity contribution in [3.63, 3.8) is 0 Å². The zero-order valence-corrected chi connectivity index (χ0v) is 13.1. The van der Waals surface area contributed by atoms with Crippen LogP contribution in [0.25, 0.3) is 11.2 Å². The van der Waals surface area contributed by atoms with Gasteiger partial charge < -0.3 is 15.6 Å². The lowest BCUT2D eigenvalue weighted by Crippen LogP contribution is -2.14. The van der Waals surface area contributed by atoms with Gasteiger partial charge in [-0.25, -0.2) is 4.98 Å². The van der Waals surface area contributed by atoms with Crippen molar-refractivity contribution in [1.29, 1.82) is 0 Å². The molecule has 2 aromatic heterocycles. The van der Waals surface area contributed by atoms with Crippen molar-refractivity contribution >= 4 is 40.5 Å². The van der Waals surface area contributed by atoms with Crippen molar-refractivity contribution in [3.8, 4) is 0 Å². The Bertz CT molecular complexity index is 918. The fraction of sp³-hybridized carbons (Fsp3) is 0.143. The summed E-state index contributed by atoms with van der Waals surface area (Å²) >= 11 is 1.22. The molecule has 8 nitrogen and oxygen atoms in total. The number of carbonyl (C=O) groups excluding carboxylic acids is 1. The van der Waals surface area contributed by atoms with Gasteiger partial charge in [0.25, 0.3) is 5.56 Å². The zero-order chi connectivity index (χ0) is 16.4. The molecule has 0 unspecified atom stereocenters. The third kappa shape index (κ3) is 3.19. The number of para-hydroxylation sites is 1. The van der Waals surface area contributed by atoms with Gasteiger partial charge in [0, 0.05) is 12.7 Å². The van der Waals surface area contributed by atoms with Gasteiger partial charge in [0.1, 0.15) is 0 Å². The Kier molecular flexibility index (Phi) is 4.02. The normalized spacial score (nSPS) is 10.8. The third-order valence-electron chi connectivity index (χ3n) is 3.10. The molecule has 3 aromatic rings. The van der Waals surface area contributed by atoms with E-state index in [9.17, 15) is 9.59 Å². The summed E-state index contributed by atoms with van der Waals surface area (Å²) in [6, 6.07) is 9.18. The van der Waals surface area contributed by atoms with Crippen LogP contribution in [0, 0.1) is 0 Å². The molecule has 3 rings (SSSR count). The van der Waals surface area contributed by atoms with Gasteiger partial charge in [0.15, 0.2) is 16.3 Å². The summed E-state index contributed by atoms with van der Waals surface area (Å²) in [4.78, 5) is 34.4. The van der Waals surface area contributed by atoms with E-state index in [1.54, 1.807) is 11.6 Å². The van der Waals surface area contributed by atoms with Gasteiger partial charge in [-0.15, -0.1) is 0 Å². The largest absolute Gasteiger partial charge is 0.369 e. The number of nitrogen functional groups attached to an aromatic ring is 1. The number of aromatic nitrogens is 4. The van der Waals surface area contributed by atoms with Crippen molar-refractivity contribution in [2.24, 2.45) is 7.05 Å². The average Bonchev–Trinajstić information content (AvgIpc) is 2.83. The number of nitrogens with one attached hydrogen (secondary N) is 2. The summed E-state index contributed by atoms with van der Waals surface area (Å²) in [5.74, 6) is 0.0397. The van der Waals surface area contributed by atoms with Crippen molar-refractivity contribution in [1.82, 2.24) is 19.5 Å². The Morgan fingerprint density at radius 1 is 1.35 bits per heavy atom. The number of H-pyrrole nitrogens is 1. The van der Waals surface area contributed by atoms with Crippen LogP contribution < -0.4 is 16.6 Å². The first-order chi connectivity index (χ1) is 11.0. The van der Waals surface area contributed by atoms with Crippen LogP contribution in [0.5, 0.6) is 0 Å². The smallest absolute Gasteiger partial charge is 0.280 e. The van der Waals surface area contributed by atoms with Crippen LogP contribution >= 0.6 is 11.8 Å². The fourth-order valence-corrected chi connectivity index (χ4v) is 2.81. The van der Waals surface area contributed by atoms with Crippen molar-refractivity contribution < 1.29 is 4.79 Å². The molecule has 0 atom stereocenters. The minimum Gasteiger partial charge on any atom is -0.369 e. The molecular weight excluding hydrogens is 316 g/mol. The molecule has 0 bridgehead atoms. The molecule has 0 spiro atoms. The van der Waals surface area contributed by atoms with E-state index in [1.807, 2.05) is 30.3 Å². The van der Waals surface area contributed by atoms with Gasteiger partial charge in [-0.3, -0.25) is 14.6 Å². The number of hydrogen-bond donors (Lipinski definition) is 3. The van der Waals surface area contributed by atoms with Crippen LogP contribution in [0.1, 0.15) is 0 Å². The van der Waals surface area contributed by atoms with E-state index >= 15 is 0 Å². The minimum atomic E-state index is -0.399. The first kappa shape index (κ1) is 15.1. The van der Waals surface area contributed by atoms with Crippen LogP contribution in [0.15, 0.2) is 40.3 Å². The fourth-order valence-electron chi connectivity index (χ4n) is 2.05. The van der Waals surface area contributed by atoms with E-state index in [0.717, 1.165) is 5.69 Å². The van der Waals surface area contributed by atoms with E-state index in [0.29, 0.717) is 10.8 Å². The summed E-state index contributed by atoms with van der Waals surface area (Å²) < 4.78 is 1.64. The van der Waals surface area contributed by atoms with Crippen molar-refractivity contribution in [3.05, 3.63) is 40.7 Å². The lowest BCUT2D eigenvalue weighted by molar-refractivity contribution is -0.113. The SMILES string of the molecule is Cn1c(SCC(=O)Nc2ccccc2)nc2c(=O)[nH]c(N)nc21. The monoisotopic (exact) mass is 330 g/mol. The highest BCUT2D eigenvalue weighted by molar-refractivity contribution is 7.99. The molecule has 1 aromatic carbocycles. The Morgan fingerprint density at radius 2 is 2.09 bits per heavy atom. The molecule has 0 radical (unpaired) electrons. The van der Waals surface area contributed by atoms with Gasteiger partial charge in [-0.05, 0) is 12.1 Å². The number of carbonyl (C=O) groups is 1. The summed E-state index contributed by atoms with van der Waals surface area (Å²) in [6.45, 7) is 0. The van der Waals surface area contributed by atoms with Crippen LogP contribution in [-0.4, -0.2) is 31.2 Å². The Balaban J connectivity index is 1.75.